The molecule has 0 aliphatic heterocycles. The first-order valence-corrected chi connectivity index (χ1v) is 15.7. The molecule has 1 aromatic rings. The van der Waals surface area contributed by atoms with E-state index < -0.39 is 39.1 Å². The molecule has 37 heavy (non-hydrogen) atoms. The monoisotopic (exact) mass is 560 g/mol. The summed E-state index contributed by atoms with van der Waals surface area (Å²) in [5, 5.41) is 14.5. The molecule has 0 saturated heterocycles. The Hall–Kier alpha value is -1.78. The van der Waals surface area contributed by atoms with Crippen molar-refractivity contribution >= 4 is 27.2 Å². The molecule has 0 unspecified atom stereocenters. The van der Waals surface area contributed by atoms with Gasteiger partial charge >= 0.3 is 21.3 Å². The molecule has 3 aliphatic rings. The fraction of sp³-hybridized carbons (Fsp3) is 0.652. The smallest absolute Gasteiger partial charge is 0.410 e. The van der Waals surface area contributed by atoms with Crippen LogP contribution in [-0.4, -0.2) is 54.9 Å². The number of benzene rings is 1. The van der Waals surface area contributed by atoms with Crippen LogP contribution in [0.2, 0.25) is 0 Å². The van der Waals surface area contributed by atoms with Crippen molar-refractivity contribution in [1.29, 1.82) is 0 Å². The minimum Gasteiger partial charge on any atom is -0.410 e. The molecule has 0 heterocycles. The summed E-state index contributed by atoms with van der Waals surface area (Å²) in [5.41, 5.74) is -0.238. The molecule has 7 N–H and O–H groups in total. The van der Waals surface area contributed by atoms with Crippen LogP contribution < -0.4 is 15.4 Å². The van der Waals surface area contributed by atoms with Gasteiger partial charge in [-0.15, -0.1) is 0 Å². The summed E-state index contributed by atoms with van der Waals surface area (Å²) in [6.07, 6.45) is 4.30. The summed E-state index contributed by atoms with van der Waals surface area (Å²) in [7, 11) is -10.6. The van der Waals surface area contributed by atoms with Gasteiger partial charge in [-0.3, -0.25) is 13.9 Å². The van der Waals surface area contributed by atoms with E-state index in [0.29, 0.717) is 23.5 Å². The van der Waals surface area contributed by atoms with E-state index in [1.54, 1.807) is 11.4 Å². The molecule has 14 heteroatoms. The Labute approximate surface area is 214 Å². The molecule has 2 fully saturated rings. The maximum absolute atomic E-state index is 12.2. The third kappa shape index (κ3) is 5.96. The summed E-state index contributed by atoms with van der Waals surface area (Å²) < 4.78 is 27.8. The summed E-state index contributed by atoms with van der Waals surface area (Å²) in [5.74, 6) is 0.781. The Morgan fingerprint density at radius 2 is 1.81 bits per heavy atom. The van der Waals surface area contributed by atoms with Gasteiger partial charge in [0, 0.05) is 13.0 Å². The highest BCUT2D eigenvalue weighted by Gasteiger charge is 2.54. The van der Waals surface area contributed by atoms with Crippen molar-refractivity contribution in [3.8, 4) is 5.75 Å². The van der Waals surface area contributed by atoms with Crippen LogP contribution in [0.1, 0.15) is 62.5 Å². The number of aryl methyl sites for hydroxylation is 1. The molecule has 12 nitrogen and oxygen atoms in total. The largest absolute Gasteiger partial charge is 0.412 e. The molecule has 3 aliphatic carbocycles. The van der Waals surface area contributed by atoms with Crippen LogP contribution in [0.3, 0.4) is 0 Å². The van der Waals surface area contributed by atoms with Crippen molar-refractivity contribution < 1.29 is 48.1 Å². The molecule has 0 spiro atoms. The number of fused-ring (bicyclic) bond motifs is 5. The first-order valence-electron chi connectivity index (χ1n) is 12.4. The van der Waals surface area contributed by atoms with Crippen molar-refractivity contribution in [2.24, 2.45) is 17.3 Å². The van der Waals surface area contributed by atoms with Crippen molar-refractivity contribution in [3.63, 3.8) is 0 Å². The number of hydrogen-bond donors (Lipinski definition) is 7. The first kappa shape index (κ1) is 28.2. The molecule has 2 amide bonds. The first-order chi connectivity index (χ1) is 17.2. The molecule has 0 aromatic heterocycles. The fourth-order valence-corrected chi connectivity index (χ4v) is 8.79. The zero-order valence-corrected chi connectivity index (χ0v) is 22.2. The molecule has 5 atom stereocenters. The second kappa shape index (κ2) is 10.4. The van der Waals surface area contributed by atoms with Gasteiger partial charge in [-0.2, -0.15) is 0 Å². The van der Waals surface area contributed by atoms with Crippen LogP contribution in [0.5, 0.6) is 5.75 Å². The lowest BCUT2D eigenvalue weighted by Crippen LogP contribution is -2.43. The van der Waals surface area contributed by atoms with Crippen molar-refractivity contribution in [2.45, 2.75) is 69.4 Å². The zero-order chi connectivity index (χ0) is 27.2. The van der Waals surface area contributed by atoms with E-state index in [9.17, 15) is 23.8 Å². The van der Waals surface area contributed by atoms with Crippen molar-refractivity contribution in [3.05, 3.63) is 29.3 Å². The number of ether oxygens (including phenoxy) is 1. The SMILES string of the molecule is C[C@]12CC[C@@H]3c4ccc(OC(=O)NCCC(=O)NC(P(=O)(O)O)P(=O)(O)O)cc4CC[C@H]3[C@@H]1CC[C@@H]2O. The molecule has 4 rings (SSSR count). The summed E-state index contributed by atoms with van der Waals surface area (Å²) in [4.78, 5) is 60.3. The molecule has 2 saturated carbocycles. The molecule has 1 aromatic carbocycles. The maximum atomic E-state index is 12.2. The molecule has 0 radical (unpaired) electrons. The number of aliphatic hydroxyl groups excluding tert-OH is 1. The topological polar surface area (TPSA) is 203 Å². The average molecular weight is 560 g/mol. The van der Waals surface area contributed by atoms with Crippen LogP contribution >= 0.6 is 15.2 Å². The standard InChI is InChI=1S/C23H34N2O10P2/c1-23-10-8-16-15-5-3-14(12-13(15)2-4-17(16)18(23)6-7-19(23)26)35-21(28)24-11-9-20(27)25-22(36(29,30)31)37(32,33)34/h3,5,12,16-19,22,26H,2,4,6-11H2,1H3,(H,24,28)(H,25,27)(H2,29,30,31)(H2,32,33,34)/t16-,17-,18+,19+,23+/m1/s1. The number of carbonyl (C=O) groups excluding carboxylic acids is 2. The van der Waals surface area contributed by atoms with Crippen LogP contribution in [0, 0.1) is 17.3 Å². The highest BCUT2D eigenvalue weighted by Crippen LogP contribution is 2.61. The van der Waals surface area contributed by atoms with Crippen LogP contribution in [0.4, 0.5) is 4.79 Å². The van der Waals surface area contributed by atoms with E-state index in [4.69, 9.17) is 24.3 Å². The minimum absolute atomic E-state index is 0.00330. The summed E-state index contributed by atoms with van der Waals surface area (Å²) in [6.45, 7) is 1.95. The number of nitrogens with one attached hydrogen (secondary N) is 2. The van der Waals surface area contributed by atoms with Gasteiger partial charge in [-0.25, -0.2) is 4.79 Å². The lowest BCUT2D eigenvalue weighted by atomic mass is 9.55. The van der Waals surface area contributed by atoms with E-state index in [1.807, 2.05) is 12.1 Å². The number of carbonyl (C=O) groups is 2. The zero-order valence-electron chi connectivity index (χ0n) is 20.4. The van der Waals surface area contributed by atoms with Gasteiger partial charge in [0.1, 0.15) is 5.75 Å². The highest BCUT2D eigenvalue weighted by atomic mass is 31.2. The van der Waals surface area contributed by atoms with Gasteiger partial charge in [0.15, 0.2) is 0 Å². The van der Waals surface area contributed by atoms with Gasteiger partial charge in [0.05, 0.1) is 6.10 Å². The predicted molar refractivity (Wildman–Crippen MR) is 132 cm³/mol. The van der Waals surface area contributed by atoms with Gasteiger partial charge in [-0.1, -0.05) is 13.0 Å². The third-order valence-corrected chi connectivity index (χ3v) is 11.7. The normalized spacial score (nSPS) is 29.2. The number of amides is 2. The lowest BCUT2D eigenvalue weighted by molar-refractivity contribution is -0.121. The van der Waals surface area contributed by atoms with Crippen LogP contribution in [0.25, 0.3) is 0 Å². The van der Waals surface area contributed by atoms with Crippen molar-refractivity contribution in [2.75, 3.05) is 6.54 Å². The second-order valence-corrected chi connectivity index (χ2v) is 14.4. The number of aliphatic hydroxyl groups is 1. The Bertz CT molecular complexity index is 1130. The molecular formula is C23H34N2O10P2. The highest BCUT2D eigenvalue weighted by molar-refractivity contribution is 7.70. The van der Waals surface area contributed by atoms with E-state index in [0.717, 1.165) is 44.1 Å². The van der Waals surface area contributed by atoms with Gasteiger partial charge in [0.2, 0.25) is 11.4 Å². The molecule has 206 valence electrons. The Kier molecular flexibility index (Phi) is 7.95. The van der Waals surface area contributed by atoms with Crippen LogP contribution in [-0.2, 0) is 20.3 Å². The number of hydrogen-bond acceptors (Lipinski definition) is 6. The minimum atomic E-state index is -5.30. The third-order valence-electron chi connectivity index (χ3n) is 8.41. The second-order valence-electron chi connectivity index (χ2n) is 10.6. The van der Waals surface area contributed by atoms with Gasteiger partial charge in [0.25, 0.3) is 0 Å². The Morgan fingerprint density at radius 3 is 2.49 bits per heavy atom. The van der Waals surface area contributed by atoms with E-state index in [-0.39, 0.29) is 18.1 Å². The summed E-state index contributed by atoms with van der Waals surface area (Å²) >= 11 is 0. The maximum Gasteiger partial charge on any atom is 0.412 e. The Morgan fingerprint density at radius 1 is 1.11 bits per heavy atom. The fourth-order valence-electron chi connectivity index (χ4n) is 6.60. The average Bonchev–Trinajstić information content (AvgIpc) is 3.10. The van der Waals surface area contributed by atoms with Gasteiger partial charge < -0.3 is 40.1 Å². The van der Waals surface area contributed by atoms with Gasteiger partial charge in [-0.05, 0) is 85.0 Å². The van der Waals surface area contributed by atoms with E-state index in [1.165, 1.54) is 5.56 Å². The number of rotatable bonds is 7. The summed E-state index contributed by atoms with van der Waals surface area (Å²) in [6, 6.07) is 5.58. The van der Waals surface area contributed by atoms with E-state index >= 15 is 0 Å². The lowest BCUT2D eigenvalue weighted by Gasteiger charge is -2.50. The Balaban J connectivity index is 1.30. The molecular weight excluding hydrogens is 526 g/mol. The predicted octanol–water partition coefficient (Wildman–Crippen LogP) is 2.14. The van der Waals surface area contributed by atoms with E-state index in [2.05, 4.69) is 12.2 Å². The van der Waals surface area contributed by atoms with Crippen molar-refractivity contribution in [1.82, 2.24) is 10.6 Å². The quantitative estimate of drug-likeness (QED) is 0.242. The van der Waals surface area contributed by atoms with Crippen LogP contribution in [0.15, 0.2) is 18.2 Å². The molecule has 0 bridgehead atoms.